The van der Waals surface area contributed by atoms with Crippen LogP contribution in [0.4, 0.5) is 11.4 Å². The van der Waals surface area contributed by atoms with Gasteiger partial charge in [-0.25, -0.2) is 8.42 Å². The summed E-state index contributed by atoms with van der Waals surface area (Å²) in [4.78, 5) is 15.1. The summed E-state index contributed by atoms with van der Waals surface area (Å²) in [7, 11) is -3.59. The van der Waals surface area contributed by atoms with Gasteiger partial charge in [0.25, 0.3) is 5.91 Å². The maximum Gasteiger partial charge on any atom is 0.263 e. The van der Waals surface area contributed by atoms with E-state index >= 15 is 0 Å². The molecule has 1 amide bonds. The zero-order valence-corrected chi connectivity index (χ0v) is 18.2. The summed E-state index contributed by atoms with van der Waals surface area (Å²) in [6, 6.07) is 12.8. The molecule has 0 saturated carbocycles. The number of ether oxygens (including phenoxy) is 1. The first-order chi connectivity index (χ1) is 14.3. The highest BCUT2D eigenvalue weighted by Crippen LogP contribution is 2.37. The summed E-state index contributed by atoms with van der Waals surface area (Å²) in [5, 5.41) is 3.24. The Kier molecular flexibility index (Phi) is 5.79. The minimum atomic E-state index is -3.59. The Bertz CT molecular complexity index is 1040. The highest BCUT2D eigenvalue weighted by Gasteiger charge is 2.35. The summed E-state index contributed by atoms with van der Waals surface area (Å²) in [5.41, 5.74) is 2.50. The minimum absolute atomic E-state index is 0.105. The largest absolute Gasteiger partial charge is 0.476 e. The SMILES string of the molecule is CS(=O)(=O)N1CC(C(=O)NCc2ccc(N3CCCC3)cc2)Oc2ccc(Cl)cc21. The second-order valence-corrected chi connectivity index (χ2v) is 9.93. The van der Waals surface area contributed by atoms with Gasteiger partial charge in [0.1, 0.15) is 5.75 Å². The molecule has 30 heavy (non-hydrogen) atoms. The van der Waals surface area contributed by atoms with E-state index in [-0.39, 0.29) is 12.5 Å². The number of benzene rings is 2. The molecule has 2 aromatic carbocycles. The molecule has 0 radical (unpaired) electrons. The van der Waals surface area contributed by atoms with E-state index in [0.29, 0.717) is 23.0 Å². The Morgan fingerprint density at radius 3 is 2.53 bits per heavy atom. The van der Waals surface area contributed by atoms with Crippen molar-refractivity contribution in [3.05, 3.63) is 53.1 Å². The number of carbonyl (C=O) groups is 1. The Balaban J connectivity index is 1.42. The molecule has 0 bridgehead atoms. The minimum Gasteiger partial charge on any atom is -0.476 e. The van der Waals surface area contributed by atoms with E-state index in [1.165, 1.54) is 24.6 Å². The fourth-order valence-electron chi connectivity index (χ4n) is 3.78. The molecule has 1 unspecified atom stereocenters. The summed E-state index contributed by atoms with van der Waals surface area (Å²) < 4.78 is 31.4. The predicted octanol–water partition coefficient (Wildman–Crippen LogP) is 2.78. The van der Waals surface area contributed by atoms with Gasteiger partial charge in [0, 0.05) is 30.3 Å². The van der Waals surface area contributed by atoms with Crippen molar-refractivity contribution < 1.29 is 17.9 Å². The van der Waals surface area contributed by atoms with Gasteiger partial charge in [-0.15, -0.1) is 0 Å². The molecule has 0 spiro atoms. The molecule has 4 rings (SSSR count). The first kappa shape index (κ1) is 20.8. The number of anilines is 2. The number of hydrogen-bond acceptors (Lipinski definition) is 5. The molecule has 1 atom stereocenters. The van der Waals surface area contributed by atoms with Crippen molar-refractivity contribution in [2.45, 2.75) is 25.5 Å². The van der Waals surface area contributed by atoms with Crippen LogP contribution in [-0.2, 0) is 21.4 Å². The van der Waals surface area contributed by atoms with Gasteiger partial charge < -0.3 is 15.0 Å². The normalized spacial score (nSPS) is 18.7. The van der Waals surface area contributed by atoms with Gasteiger partial charge in [-0.1, -0.05) is 23.7 Å². The van der Waals surface area contributed by atoms with Crippen LogP contribution in [0.1, 0.15) is 18.4 Å². The van der Waals surface area contributed by atoms with Crippen LogP contribution in [0.5, 0.6) is 5.75 Å². The topological polar surface area (TPSA) is 79.0 Å². The lowest BCUT2D eigenvalue weighted by Crippen LogP contribution is -2.50. The number of halogens is 1. The van der Waals surface area contributed by atoms with Crippen molar-refractivity contribution in [3.63, 3.8) is 0 Å². The standard InChI is InChI=1S/C21H24ClN3O4S/c1-30(27,28)25-14-20(29-19-9-6-16(22)12-18(19)25)21(26)23-13-15-4-7-17(8-5-15)24-10-2-3-11-24/h4-9,12,20H,2-3,10-11,13-14H2,1H3,(H,23,26). The van der Waals surface area contributed by atoms with Crippen molar-refractivity contribution in [2.75, 3.05) is 35.1 Å². The molecule has 160 valence electrons. The maximum atomic E-state index is 12.7. The van der Waals surface area contributed by atoms with Crippen molar-refractivity contribution in [3.8, 4) is 5.75 Å². The van der Waals surface area contributed by atoms with Crippen molar-refractivity contribution in [1.29, 1.82) is 0 Å². The number of nitrogens with zero attached hydrogens (tertiary/aromatic N) is 2. The van der Waals surface area contributed by atoms with Gasteiger partial charge >= 0.3 is 0 Å². The third-order valence-corrected chi connectivity index (χ3v) is 6.74. The van der Waals surface area contributed by atoms with E-state index in [4.69, 9.17) is 16.3 Å². The van der Waals surface area contributed by atoms with E-state index in [9.17, 15) is 13.2 Å². The summed E-state index contributed by atoms with van der Waals surface area (Å²) in [6.45, 7) is 2.40. The van der Waals surface area contributed by atoms with E-state index < -0.39 is 16.1 Å². The fourth-order valence-corrected chi connectivity index (χ4v) is 4.85. The van der Waals surface area contributed by atoms with E-state index in [2.05, 4.69) is 22.3 Å². The first-order valence-corrected chi connectivity index (χ1v) is 12.1. The van der Waals surface area contributed by atoms with E-state index in [0.717, 1.165) is 29.2 Å². The maximum absolute atomic E-state index is 12.7. The lowest BCUT2D eigenvalue weighted by molar-refractivity contribution is -0.127. The Labute approximate surface area is 181 Å². The average molecular weight is 450 g/mol. The van der Waals surface area contributed by atoms with Gasteiger partial charge in [-0.2, -0.15) is 0 Å². The van der Waals surface area contributed by atoms with Crippen LogP contribution in [0.2, 0.25) is 5.02 Å². The smallest absolute Gasteiger partial charge is 0.263 e. The van der Waals surface area contributed by atoms with E-state index in [1.807, 2.05) is 12.1 Å². The third-order valence-electron chi connectivity index (χ3n) is 5.36. The Morgan fingerprint density at radius 2 is 1.87 bits per heavy atom. The molecule has 2 aliphatic heterocycles. The average Bonchev–Trinajstić information content (AvgIpc) is 3.25. The number of rotatable bonds is 5. The molecule has 1 fully saturated rings. The molecular formula is C21H24ClN3O4S. The van der Waals surface area contributed by atoms with Crippen LogP contribution >= 0.6 is 11.6 Å². The number of amides is 1. The van der Waals surface area contributed by atoms with Crippen molar-refractivity contribution in [2.24, 2.45) is 0 Å². The fraction of sp³-hybridized carbons (Fsp3) is 0.381. The molecule has 7 nitrogen and oxygen atoms in total. The molecule has 2 aliphatic rings. The monoisotopic (exact) mass is 449 g/mol. The summed E-state index contributed by atoms with van der Waals surface area (Å²) >= 11 is 6.00. The van der Waals surface area contributed by atoms with Gasteiger partial charge in [0.15, 0.2) is 6.10 Å². The Hall–Kier alpha value is -2.45. The summed E-state index contributed by atoms with van der Waals surface area (Å²) in [5.74, 6) is -0.0564. The first-order valence-electron chi connectivity index (χ1n) is 9.87. The number of carbonyl (C=O) groups excluding carboxylic acids is 1. The van der Waals surface area contributed by atoms with Crippen LogP contribution in [0, 0.1) is 0 Å². The lowest BCUT2D eigenvalue weighted by Gasteiger charge is -2.34. The molecule has 2 aromatic rings. The second kappa shape index (κ2) is 8.35. The van der Waals surface area contributed by atoms with Gasteiger partial charge in [-0.05, 0) is 48.7 Å². The van der Waals surface area contributed by atoms with Gasteiger partial charge in [-0.3, -0.25) is 9.10 Å². The molecule has 0 aromatic heterocycles. The van der Waals surface area contributed by atoms with Crippen LogP contribution in [0.15, 0.2) is 42.5 Å². The quantitative estimate of drug-likeness (QED) is 0.759. The third kappa shape index (κ3) is 4.49. The number of hydrogen-bond donors (Lipinski definition) is 1. The van der Waals surface area contributed by atoms with Crippen LogP contribution < -0.4 is 19.3 Å². The summed E-state index contributed by atoms with van der Waals surface area (Å²) in [6.07, 6.45) is 2.59. The lowest BCUT2D eigenvalue weighted by atomic mass is 10.2. The number of nitrogens with one attached hydrogen (secondary N) is 1. The predicted molar refractivity (Wildman–Crippen MR) is 118 cm³/mol. The number of sulfonamides is 1. The van der Waals surface area contributed by atoms with Crippen molar-refractivity contribution >= 4 is 38.9 Å². The molecule has 1 saturated heterocycles. The van der Waals surface area contributed by atoms with Crippen LogP contribution in [-0.4, -0.2) is 46.3 Å². The highest BCUT2D eigenvalue weighted by atomic mass is 35.5. The molecular weight excluding hydrogens is 426 g/mol. The Morgan fingerprint density at radius 1 is 1.17 bits per heavy atom. The van der Waals surface area contributed by atoms with Crippen LogP contribution in [0.25, 0.3) is 0 Å². The second-order valence-electron chi connectivity index (χ2n) is 7.59. The number of fused-ring (bicyclic) bond motifs is 1. The molecule has 0 aliphatic carbocycles. The van der Waals surface area contributed by atoms with Gasteiger partial charge in [0.05, 0.1) is 18.5 Å². The van der Waals surface area contributed by atoms with Crippen LogP contribution in [0.3, 0.4) is 0 Å². The van der Waals surface area contributed by atoms with Crippen molar-refractivity contribution in [1.82, 2.24) is 5.32 Å². The molecule has 1 N–H and O–H groups in total. The zero-order valence-electron chi connectivity index (χ0n) is 16.7. The molecule has 2 heterocycles. The van der Waals surface area contributed by atoms with E-state index in [1.54, 1.807) is 12.1 Å². The van der Waals surface area contributed by atoms with Gasteiger partial charge in [0.2, 0.25) is 10.0 Å². The molecule has 9 heteroatoms. The zero-order chi connectivity index (χ0) is 21.3. The highest BCUT2D eigenvalue weighted by molar-refractivity contribution is 7.92.